The van der Waals surface area contributed by atoms with Crippen molar-refractivity contribution in [2.45, 2.75) is 25.3 Å². The van der Waals surface area contributed by atoms with E-state index < -0.39 is 12.0 Å². The Morgan fingerprint density at radius 2 is 2.22 bits per heavy atom. The van der Waals surface area contributed by atoms with Gasteiger partial charge < -0.3 is 10.0 Å². The molecule has 0 bridgehead atoms. The number of nitrogens with zero attached hydrogens (tertiary/aromatic N) is 2. The molecule has 1 atom stereocenters. The van der Waals surface area contributed by atoms with Crippen LogP contribution in [0.2, 0.25) is 0 Å². The van der Waals surface area contributed by atoms with Crippen molar-refractivity contribution in [1.29, 1.82) is 0 Å². The number of amides is 1. The van der Waals surface area contributed by atoms with Crippen molar-refractivity contribution in [2.24, 2.45) is 0 Å². The summed E-state index contributed by atoms with van der Waals surface area (Å²) in [6, 6.07) is 2.49. The van der Waals surface area contributed by atoms with Gasteiger partial charge in [-0.1, -0.05) is 0 Å². The zero-order chi connectivity index (χ0) is 13.1. The maximum absolute atomic E-state index is 12.3. The number of carboxylic acids is 1. The van der Waals surface area contributed by atoms with E-state index >= 15 is 0 Å². The molecule has 1 amide bonds. The molecule has 0 saturated carbocycles. The smallest absolute Gasteiger partial charge is 0.326 e. The molecule has 2 rings (SSSR count). The Bertz CT molecular complexity index is 478. The van der Waals surface area contributed by atoms with Gasteiger partial charge in [0.15, 0.2) is 0 Å². The second-order valence-electron chi connectivity index (χ2n) is 4.22. The molecule has 5 nitrogen and oxygen atoms in total. The average Bonchev–Trinajstić information content (AvgIpc) is 2.38. The van der Waals surface area contributed by atoms with Gasteiger partial charge in [0.05, 0.1) is 0 Å². The normalized spacial score (nSPS) is 19.6. The molecule has 6 heteroatoms. The van der Waals surface area contributed by atoms with E-state index in [0.29, 0.717) is 23.1 Å². The van der Waals surface area contributed by atoms with E-state index in [0.717, 1.165) is 12.8 Å². The van der Waals surface area contributed by atoms with Gasteiger partial charge in [0, 0.05) is 18.3 Å². The molecule has 2 heterocycles. The van der Waals surface area contributed by atoms with E-state index in [9.17, 15) is 9.59 Å². The number of likely N-dealkylation sites (tertiary alicyclic amines) is 1. The first-order chi connectivity index (χ1) is 8.59. The van der Waals surface area contributed by atoms with Gasteiger partial charge in [-0.3, -0.25) is 4.79 Å². The predicted molar refractivity (Wildman–Crippen MR) is 68.2 cm³/mol. The molecule has 96 valence electrons. The van der Waals surface area contributed by atoms with Gasteiger partial charge in [-0.25, -0.2) is 9.78 Å². The molecule has 0 aliphatic carbocycles. The van der Waals surface area contributed by atoms with Crippen molar-refractivity contribution >= 4 is 27.8 Å². The maximum Gasteiger partial charge on any atom is 0.326 e. The van der Waals surface area contributed by atoms with E-state index in [4.69, 9.17) is 5.11 Å². The van der Waals surface area contributed by atoms with Gasteiger partial charge in [-0.15, -0.1) is 0 Å². The number of pyridine rings is 1. The molecular weight excluding hydrogens is 300 g/mol. The predicted octanol–water partition coefficient (Wildman–Crippen LogP) is 1.92. The Morgan fingerprint density at radius 3 is 2.89 bits per heavy atom. The number of hydrogen-bond acceptors (Lipinski definition) is 3. The molecule has 1 aliphatic heterocycles. The lowest BCUT2D eigenvalue weighted by Gasteiger charge is -2.33. The van der Waals surface area contributed by atoms with Gasteiger partial charge in [-0.05, 0) is 47.3 Å². The number of aliphatic carboxylic acids is 1. The van der Waals surface area contributed by atoms with Gasteiger partial charge in [0.2, 0.25) is 0 Å². The number of aromatic nitrogens is 1. The quantitative estimate of drug-likeness (QED) is 0.847. The van der Waals surface area contributed by atoms with Crippen molar-refractivity contribution in [1.82, 2.24) is 9.88 Å². The van der Waals surface area contributed by atoms with Gasteiger partial charge in [0.25, 0.3) is 5.91 Å². The van der Waals surface area contributed by atoms with Gasteiger partial charge in [0.1, 0.15) is 10.6 Å². The van der Waals surface area contributed by atoms with Crippen LogP contribution in [0.3, 0.4) is 0 Å². The molecule has 0 spiro atoms. The molecule has 1 N–H and O–H groups in total. The number of halogens is 1. The van der Waals surface area contributed by atoms with Crippen LogP contribution in [0.15, 0.2) is 22.9 Å². The zero-order valence-corrected chi connectivity index (χ0v) is 11.3. The highest BCUT2D eigenvalue weighted by Crippen LogP contribution is 2.20. The Kier molecular flexibility index (Phi) is 3.96. The second kappa shape index (κ2) is 5.48. The fourth-order valence-corrected chi connectivity index (χ4v) is 2.50. The molecule has 0 radical (unpaired) electrons. The number of piperidine rings is 1. The van der Waals surface area contributed by atoms with Crippen molar-refractivity contribution in [3.05, 3.63) is 28.5 Å². The number of rotatable bonds is 2. The SMILES string of the molecule is O=C(O)[C@@H]1CCCCN1C(=O)c1ccnc(Br)c1. The molecule has 0 unspecified atom stereocenters. The van der Waals surface area contributed by atoms with E-state index in [2.05, 4.69) is 20.9 Å². The van der Waals surface area contributed by atoms with Crippen molar-refractivity contribution in [3.8, 4) is 0 Å². The van der Waals surface area contributed by atoms with Crippen LogP contribution in [0.5, 0.6) is 0 Å². The Labute approximate surface area is 113 Å². The van der Waals surface area contributed by atoms with E-state index in [-0.39, 0.29) is 5.91 Å². The van der Waals surface area contributed by atoms with Crippen LogP contribution in [0.4, 0.5) is 0 Å². The van der Waals surface area contributed by atoms with E-state index in [1.807, 2.05) is 0 Å². The highest BCUT2D eigenvalue weighted by molar-refractivity contribution is 9.10. The van der Waals surface area contributed by atoms with Crippen LogP contribution in [0, 0.1) is 0 Å². The lowest BCUT2D eigenvalue weighted by atomic mass is 10.0. The largest absolute Gasteiger partial charge is 0.480 e. The molecule has 1 saturated heterocycles. The lowest BCUT2D eigenvalue weighted by molar-refractivity contribution is -0.143. The third-order valence-electron chi connectivity index (χ3n) is 3.02. The zero-order valence-electron chi connectivity index (χ0n) is 9.67. The second-order valence-corrected chi connectivity index (χ2v) is 5.03. The highest BCUT2D eigenvalue weighted by atomic mass is 79.9. The van der Waals surface area contributed by atoms with Gasteiger partial charge in [-0.2, -0.15) is 0 Å². The molecule has 0 aromatic carbocycles. The standard InChI is InChI=1S/C12H13BrN2O3/c13-10-7-8(4-5-14-10)11(16)15-6-2-1-3-9(15)12(17)18/h4-5,7,9H,1-3,6H2,(H,17,18)/t9-/m0/s1. The Morgan fingerprint density at radius 1 is 1.44 bits per heavy atom. The summed E-state index contributed by atoms with van der Waals surface area (Å²) in [6.07, 6.45) is 3.74. The van der Waals surface area contributed by atoms with Crippen molar-refractivity contribution in [3.63, 3.8) is 0 Å². The lowest BCUT2D eigenvalue weighted by Crippen LogP contribution is -2.48. The van der Waals surface area contributed by atoms with Crippen LogP contribution in [0.1, 0.15) is 29.6 Å². The van der Waals surface area contributed by atoms with Crippen LogP contribution < -0.4 is 0 Å². The molecule has 1 aromatic rings. The minimum absolute atomic E-state index is 0.245. The van der Waals surface area contributed by atoms with E-state index in [1.165, 1.54) is 11.1 Å². The molecule has 1 aromatic heterocycles. The number of hydrogen-bond donors (Lipinski definition) is 1. The summed E-state index contributed by atoms with van der Waals surface area (Å²) in [5, 5.41) is 9.14. The van der Waals surface area contributed by atoms with Crippen LogP contribution in [-0.2, 0) is 4.79 Å². The van der Waals surface area contributed by atoms with Crippen molar-refractivity contribution < 1.29 is 14.7 Å². The number of carbonyl (C=O) groups is 2. The average molecular weight is 313 g/mol. The summed E-state index contributed by atoms with van der Waals surface area (Å²) in [5.74, 6) is -1.18. The Hall–Kier alpha value is -1.43. The van der Waals surface area contributed by atoms with Crippen LogP contribution >= 0.6 is 15.9 Å². The van der Waals surface area contributed by atoms with Crippen LogP contribution in [0.25, 0.3) is 0 Å². The maximum atomic E-state index is 12.3. The summed E-state index contributed by atoms with van der Waals surface area (Å²) in [6.45, 7) is 0.496. The molecule has 1 aliphatic rings. The summed E-state index contributed by atoms with van der Waals surface area (Å²) in [4.78, 5) is 28.8. The fourth-order valence-electron chi connectivity index (χ4n) is 2.13. The topological polar surface area (TPSA) is 70.5 Å². The Balaban J connectivity index is 2.23. The molecule has 1 fully saturated rings. The third-order valence-corrected chi connectivity index (χ3v) is 3.46. The molecular formula is C12H13BrN2O3. The summed E-state index contributed by atoms with van der Waals surface area (Å²) in [7, 11) is 0. The van der Waals surface area contributed by atoms with Crippen molar-refractivity contribution in [2.75, 3.05) is 6.54 Å². The minimum Gasteiger partial charge on any atom is -0.480 e. The first kappa shape index (κ1) is 13.0. The first-order valence-corrected chi connectivity index (χ1v) is 6.54. The van der Waals surface area contributed by atoms with Crippen LogP contribution in [-0.4, -0.2) is 39.5 Å². The number of carboxylic acid groups (broad SMARTS) is 1. The summed E-state index contributed by atoms with van der Waals surface area (Å²) >= 11 is 3.20. The van der Waals surface area contributed by atoms with Gasteiger partial charge >= 0.3 is 5.97 Å². The summed E-state index contributed by atoms with van der Waals surface area (Å²) in [5.41, 5.74) is 0.463. The minimum atomic E-state index is -0.934. The first-order valence-electron chi connectivity index (χ1n) is 5.75. The fraction of sp³-hybridized carbons (Fsp3) is 0.417. The number of carbonyl (C=O) groups excluding carboxylic acids is 1. The molecule has 18 heavy (non-hydrogen) atoms. The highest BCUT2D eigenvalue weighted by Gasteiger charge is 2.32. The monoisotopic (exact) mass is 312 g/mol. The summed E-state index contributed by atoms with van der Waals surface area (Å²) < 4.78 is 0.567. The third kappa shape index (κ3) is 2.69. The van der Waals surface area contributed by atoms with E-state index in [1.54, 1.807) is 12.1 Å².